The molecule has 0 atom stereocenters. The van der Waals surface area contributed by atoms with E-state index < -0.39 is 23.3 Å². The van der Waals surface area contributed by atoms with Gasteiger partial charge in [0.25, 0.3) is 0 Å². The summed E-state index contributed by atoms with van der Waals surface area (Å²) in [5.74, 6) is -6.45. The minimum atomic E-state index is -1.81. The molecule has 2 heterocycles. The number of aromatic amines is 1. The molecule has 1 N–H and O–H groups in total. The first-order valence-corrected chi connectivity index (χ1v) is 9.59. The fraction of sp³-hybridized carbons (Fsp3) is 0.333. The topological polar surface area (TPSA) is 38.5 Å². The number of unbranched alkanes of at least 4 members (excludes halogenated alkanes) is 2. The van der Waals surface area contributed by atoms with Gasteiger partial charge in [-0.2, -0.15) is 0 Å². The van der Waals surface area contributed by atoms with E-state index in [0.717, 1.165) is 37.1 Å². The van der Waals surface area contributed by atoms with Gasteiger partial charge in [-0.15, -0.1) is 0 Å². The van der Waals surface area contributed by atoms with Gasteiger partial charge >= 0.3 is 164 Å². The molecule has 0 aliphatic carbocycles. The van der Waals surface area contributed by atoms with Crippen molar-refractivity contribution in [2.75, 3.05) is 0 Å². The molecule has 0 radical (unpaired) electrons. The molecule has 0 aliphatic heterocycles. The van der Waals surface area contributed by atoms with Gasteiger partial charge < -0.3 is 0 Å². The van der Waals surface area contributed by atoms with Gasteiger partial charge in [-0.1, -0.05) is 0 Å². The van der Waals surface area contributed by atoms with Gasteiger partial charge in [-0.25, -0.2) is 0 Å². The number of H-pyrrole nitrogens is 1. The van der Waals surface area contributed by atoms with Crippen LogP contribution in [0, 0.1) is 34.0 Å². The Morgan fingerprint density at radius 3 is 2.48 bits per heavy atom. The average Bonchev–Trinajstić information content (AvgIpc) is 3.22. The van der Waals surface area contributed by atoms with Gasteiger partial charge in [0.15, 0.2) is 0 Å². The second kappa shape index (κ2) is 8.38. The van der Waals surface area contributed by atoms with Crippen molar-refractivity contribution in [3.05, 3.63) is 63.0 Å². The molecule has 148 valence electrons. The van der Waals surface area contributed by atoms with Crippen LogP contribution in [0.2, 0.25) is 0 Å². The number of halogens is 4. The Morgan fingerprint density at radius 1 is 1.00 bits per heavy atom. The molecule has 0 unspecified atom stereocenters. The van der Waals surface area contributed by atoms with Crippen molar-refractivity contribution in [1.82, 2.24) is 19.3 Å². The molecule has 27 heavy (non-hydrogen) atoms. The van der Waals surface area contributed by atoms with E-state index in [1.54, 1.807) is 6.20 Å². The van der Waals surface area contributed by atoms with Crippen molar-refractivity contribution in [2.24, 2.45) is 0 Å². The molecule has 4 nitrogen and oxygen atoms in total. The normalized spacial score (nSPS) is 11.4. The maximum atomic E-state index is 14.0. The number of aryl methyl sites for hydroxylation is 3. The summed E-state index contributed by atoms with van der Waals surface area (Å²) in [6.07, 6.45) is 6.97. The average molecular weight is 561 g/mol. The fourth-order valence-electron chi connectivity index (χ4n) is 2.83. The van der Waals surface area contributed by atoms with Crippen molar-refractivity contribution in [3.63, 3.8) is 0 Å². The molecule has 1 aromatic carbocycles. The van der Waals surface area contributed by atoms with Crippen molar-refractivity contribution in [1.29, 1.82) is 0 Å². The van der Waals surface area contributed by atoms with Crippen molar-refractivity contribution in [2.45, 2.75) is 39.2 Å². The third kappa shape index (κ3) is 4.32. The molecule has 0 amide bonds. The summed E-state index contributed by atoms with van der Waals surface area (Å²) >= 11 is 1.95. The van der Waals surface area contributed by atoms with E-state index >= 15 is 0 Å². The van der Waals surface area contributed by atoms with Crippen LogP contribution in [0.5, 0.6) is 0 Å². The summed E-state index contributed by atoms with van der Waals surface area (Å²) in [5.41, 5.74) is 1.72. The Labute approximate surface area is 164 Å². The van der Waals surface area contributed by atoms with Gasteiger partial charge in [0.2, 0.25) is 0 Å². The summed E-state index contributed by atoms with van der Waals surface area (Å²) < 4.78 is 57.8. The predicted octanol–water partition coefficient (Wildman–Crippen LogP) is 4.36. The molecule has 9 heteroatoms. The standard InChI is InChI=1S/C18H18F4N4.Pt/c1-12-9-13(24-23-12)5-3-2-4-6-25-7-8-26(11-25)15-10-14(19)16(20)18(22)17(15)21;/h7-10H,2-6H2,1H3,(H,23,24);. The van der Waals surface area contributed by atoms with Crippen LogP contribution in [0.25, 0.3) is 5.69 Å². The number of hydrogen-bond acceptors (Lipinski definition) is 1. The van der Waals surface area contributed by atoms with E-state index in [1.165, 1.54) is 10.8 Å². The first-order valence-electron chi connectivity index (χ1n) is 8.46. The van der Waals surface area contributed by atoms with Crippen LogP contribution >= 0.6 is 0 Å². The van der Waals surface area contributed by atoms with Gasteiger partial charge in [0, 0.05) is 0 Å². The SMILES string of the molecule is Cc1cc(CCCCCn2ccn(-c3cc(F)c(F)c(F)c3F)[c]2=[Pt])n[nH]1. The second-order valence-electron chi connectivity index (χ2n) is 6.28. The molecule has 0 saturated carbocycles. The summed E-state index contributed by atoms with van der Waals surface area (Å²) in [5, 5.41) is 7.10. The quantitative estimate of drug-likeness (QED) is 0.198. The third-order valence-electron chi connectivity index (χ3n) is 4.23. The van der Waals surface area contributed by atoms with Crippen LogP contribution in [-0.2, 0) is 32.3 Å². The van der Waals surface area contributed by atoms with Crippen LogP contribution in [0.4, 0.5) is 17.6 Å². The van der Waals surface area contributed by atoms with Crippen molar-refractivity contribution < 1.29 is 36.9 Å². The fourth-order valence-corrected chi connectivity index (χ4v) is 3.70. The van der Waals surface area contributed by atoms with Crippen LogP contribution in [0.15, 0.2) is 24.5 Å². The Hall–Kier alpha value is -1.95. The number of imidazole rings is 1. The Kier molecular flexibility index (Phi) is 6.14. The number of benzene rings is 1. The first-order chi connectivity index (χ1) is 12.9. The van der Waals surface area contributed by atoms with E-state index in [4.69, 9.17) is 0 Å². The van der Waals surface area contributed by atoms with E-state index in [0.29, 0.717) is 16.4 Å². The molecule has 3 aromatic rings. The second-order valence-corrected chi connectivity index (χ2v) is 7.29. The van der Waals surface area contributed by atoms with E-state index in [-0.39, 0.29) is 5.69 Å². The van der Waals surface area contributed by atoms with Gasteiger partial charge in [-0.3, -0.25) is 0 Å². The molecule has 0 spiro atoms. The van der Waals surface area contributed by atoms with Crippen LogP contribution in [0.3, 0.4) is 0 Å². The molecule has 0 bridgehead atoms. The molecule has 0 aliphatic rings. The van der Waals surface area contributed by atoms with Crippen LogP contribution in [0.1, 0.15) is 30.7 Å². The summed E-state index contributed by atoms with van der Waals surface area (Å²) in [6.45, 7) is 2.64. The zero-order valence-corrected chi connectivity index (χ0v) is 16.8. The summed E-state index contributed by atoms with van der Waals surface area (Å²) in [7, 11) is 0. The molecule has 0 fully saturated rings. The zero-order valence-electron chi connectivity index (χ0n) is 14.5. The Balaban J connectivity index is 1.63. The van der Waals surface area contributed by atoms with Crippen molar-refractivity contribution in [3.8, 4) is 5.69 Å². The molecular formula is C18H18F4N4Pt. The summed E-state index contributed by atoms with van der Waals surface area (Å²) in [4.78, 5) is 0. The Morgan fingerprint density at radius 2 is 1.78 bits per heavy atom. The number of nitrogens with one attached hydrogen (secondary N) is 1. The first kappa shape index (κ1) is 19.8. The number of nitrogens with zero attached hydrogens (tertiary/aromatic N) is 3. The number of aromatic nitrogens is 4. The Bertz CT molecular complexity index is 1010. The van der Waals surface area contributed by atoms with E-state index in [1.807, 2.05) is 36.9 Å². The van der Waals surface area contributed by atoms with Crippen molar-refractivity contribution >= 4 is 0 Å². The minimum absolute atomic E-state index is 0.357. The molecular weight excluding hydrogens is 543 g/mol. The maximum absolute atomic E-state index is 14.0. The van der Waals surface area contributed by atoms with Gasteiger partial charge in [0.1, 0.15) is 0 Å². The third-order valence-corrected chi connectivity index (χ3v) is 5.43. The van der Waals surface area contributed by atoms with Crippen LogP contribution in [-0.4, -0.2) is 19.3 Å². The molecule has 3 rings (SSSR count). The van der Waals surface area contributed by atoms with Gasteiger partial charge in [0.05, 0.1) is 0 Å². The molecule has 2 aromatic heterocycles. The van der Waals surface area contributed by atoms with Gasteiger partial charge in [-0.05, 0) is 0 Å². The predicted molar refractivity (Wildman–Crippen MR) is 87.7 cm³/mol. The number of rotatable bonds is 7. The van der Waals surface area contributed by atoms with E-state index in [2.05, 4.69) is 10.2 Å². The number of hydrogen-bond donors (Lipinski definition) is 1. The molecule has 0 saturated heterocycles. The van der Waals surface area contributed by atoms with E-state index in [9.17, 15) is 17.6 Å². The summed E-state index contributed by atoms with van der Waals surface area (Å²) in [6, 6.07) is 2.68. The van der Waals surface area contributed by atoms with Crippen LogP contribution < -0.4 is 0 Å². The monoisotopic (exact) mass is 561 g/mol. The zero-order chi connectivity index (χ0) is 19.6.